The normalized spacial score (nSPS) is 12.0. The Hall–Kier alpha value is -0.247. The minimum atomic E-state index is -2.11. The Morgan fingerprint density at radius 3 is 2.20 bits per heavy atom. The molecule has 0 aliphatic rings. The van der Waals surface area contributed by atoms with E-state index in [9.17, 15) is 4.79 Å². The SMILES string of the molecule is C/C=C/C(=O)[O][Ge]([CH3])([CH3])[CH3]. The molecule has 0 rings (SSSR count). The summed E-state index contributed by atoms with van der Waals surface area (Å²) in [4.78, 5) is 10.8. The van der Waals surface area contributed by atoms with Crippen molar-refractivity contribution in [3.8, 4) is 0 Å². The summed E-state index contributed by atoms with van der Waals surface area (Å²) in [5.41, 5.74) is 0. The van der Waals surface area contributed by atoms with E-state index in [1.807, 2.05) is 17.3 Å². The topological polar surface area (TPSA) is 26.3 Å². The molecule has 0 aliphatic carbocycles. The van der Waals surface area contributed by atoms with Crippen LogP contribution in [0.1, 0.15) is 6.92 Å². The average molecular weight is 203 g/mol. The summed E-state index contributed by atoms with van der Waals surface area (Å²) in [5, 5.41) is 0. The van der Waals surface area contributed by atoms with Crippen molar-refractivity contribution in [3.63, 3.8) is 0 Å². The van der Waals surface area contributed by atoms with Gasteiger partial charge in [0, 0.05) is 0 Å². The van der Waals surface area contributed by atoms with Gasteiger partial charge in [-0.05, 0) is 0 Å². The van der Waals surface area contributed by atoms with Crippen molar-refractivity contribution >= 4 is 19.6 Å². The molecule has 0 aromatic heterocycles. The van der Waals surface area contributed by atoms with Gasteiger partial charge in [-0.25, -0.2) is 0 Å². The van der Waals surface area contributed by atoms with E-state index < -0.39 is 13.6 Å². The molecule has 0 aromatic carbocycles. The van der Waals surface area contributed by atoms with E-state index in [4.69, 9.17) is 3.76 Å². The third-order valence-corrected chi connectivity index (χ3v) is 2.42. The molecule has 0 heterocycles. The summed E-state index contributed by atoms with van der Waals surface area (Å²) in [5.74, 6) is 5.89. The number of rotatable bonds is 2. The molecule has 0 aliphatic heterocycles. The zero-order valence-corrected chi connectivity index (χ0v) is 9.07. The van der Waals surface area contributed by atoms with E-state index in [1.54, 1.807) is 13.0 Å². The first kappa shape index (κ1) is 9.75. The van der Waals surface area contributed by atoms with Gasteiger partial charge in [0.05, 0.1) is 0 Å². The fraction of sp³-hybridized carbons (Fsp3) is 0.571. The van der Waals surface area contributed by atoms with Crippen LogP contribution in [0, 0.1) is 0 Å². The maximum atomic E-state index is 10.8. The van der Waals surface area contributed by atoms with Crippen LogP contribution >= 0.6 is 0 Å². The van der Waals surface area contributed by atoms with Crippen molar-refractivity contribution < 1.29 is 8.56 Å². The van der Waals surface area contributed by atoms with Crippen LogP contribution in [0.25, 0.3) is 0 Å². The summed E-state index contributed by atoms with van der Waals surface area (Å²) in [6.07, 6.45) is 3.15. The molecule has 0 aromatic rings. The molecule has 0 unspecified atom stereocenters. The van der Waals surface area contributed by atoms with E-state index in [2.05, 4.69) is 0 Å². The van der Waals surface area contributed by atoms with Crippen LogP contribution in [0.5, 0.6) is 0 Å². The Balaban J connectivity index is 3.81. The molecule has 0 spiro atoms. The van der Waals surface area contributed by atoms with Crippen LogP contribution in [0.3, 0.4) is 0 Å². The molecule has 0 N–H and O–H groups in total. The van der Waals surface area contributed by atoms with Gasteiger partial charge in [-0.15, -0.1) is 0 Å². The van der Waals surface area contributed by atoms with Crippen molar-refractivity contribution in [2.45, 2.75) is 24.2 Å². The first-order chi connectivity index (χ1) is 4.45. The Morgan fingerprint density at radius 1 is 1.40 bits per heavy atom. The van der Waals surface area contributed by atoms with E-state index in [0.29, 0.717) is 0 Å². The monoisotopic (exact) mass is 204 g/mol. The Morgan fingerprint density at radius 2 is 1.90 bits per heavy atom. The predicted molar refractivity (Wildman–Crippen MR) is 44.3 cm³/mol. The van der Waals surface area contributed by atoms with Gasteiger partial charge in [0.1, 0.15) is 0 Å². The van der Waals surface area contributed by atoms with Crippen molar-refractivity contribution in [3.05, 3.63) is 12.2 Å². The van der Waals surface area contributed by atoms with Crippen LogP contribution < -0.4 is 0 Å². The van der Waals surface area contributed by atoms with Gasteiger partial charge in [0.15, 0.2) is 0 Å². The molecule has 0 bridgehead atoms. The molecule has 10 heavy (non-hydrogen) atoms. The van der Waals surface area contributed by atoms with Gasteiger partial charge < -0.3 is 0 Å². The molecule has 0 saturated heterocycles. The molecule has 0 atom stereocenters. The van der Waals surface area contributed by atoms with Gasteiger partial charge in [-0.3, -0.25) is 0 Å². The molecule has 2 nitrogen and oxygen atoms in total. The molecule has 0 amide bonds. The number of allylic oxidation sites excluding steroid dienone is 1. The van der Waals surface area contributed by atoms with E-state index in [0.717, 1.165) is 0 Å². The molecular formula is C7H14GeO2. The Labute approximate surface area is 65.0 Å². The van der Waals surface area contributed by atoms with Crippen LogP contribution in [0.2, 0.25) is 17.3 Å². The van der Waals surface area contributed by atoms with Gasteiger partial charge in [0.2, 0.25) is 0 Å². The van der Waals surface area contributed by atoms with Gasteiger partial charge >= 0.3 is 64.5 Å². The second kappa shape index (κ2) is 3.81. The minimum absolute atomic E-state index is 0.199. The molecule has 0 saturated carbocycles. The molecule has 58 valence electrons. The van der Waals surface area contributed by atoms with Crippen LogP contribution in [0.4, 0.5) is 0 Å². The number of hydrogen-bond acceptors (Lipinski definition) is 2. The summed E-state index contributed by atoms with van der Waals surface area (Å²) >= 11 is -2.11. The maximum absolute atomic E-state index is 10.8. The van der Waals surface area contributed by atoms with Crippen LogP contribution in [0.15, 0.2) is 12.2 Å². The second-order valence-electron chi connectivity index (χ2n) is 3.03. The first-order valence-electron chi connectivity index (χ1n) is 3.31. The molecule has 0 fully saturated rings. The first-order valence-corrected chi connectivity index (χ1v) is 10.5. The second-order valence-corrected chi connectivity index (χ2v) is 12.3. The molecule has 0 radical (unpaired) electrons. The standard InChI is InChI=1S/C7H14GeO2/c1-5-6-7(9)10-8(2,3)4/h5-6H,1-4H3/b6-5+. The van der Waals surface area contributed by atoms with Gasteiger partial charge in [0.25, 0.3) is 0 Å². The van der Waals surface area contributed by atoms with Gasteiger partial charge in [-0.1, -0.05) is 0 Å². The Bertz CT molecular complexity index is 144. The summed E-state index contributed by atoms with van der Waals surface area (Å²) < 4.78 is 5.14. The third kappa shape index (κ3) is 5.88. The molecular weight excluding hydrogens is 189 g/mol. The van der Waals surface area contributed by atoms with Crippen molar-refractivity contribution in [1.29, 1.82) is 0 Å². The van der Waals surface area contributed by atoms with Crippen molar-refractivity contribution in [1.82, 2.24) is 0 Å². The Kier molecular flexibility index (Phi) is 3.71. The van der Waals surface area contributed by atoms with E-state index in [-0.39, 0.29) is 5.97 Å². The predicted octanol–water partition coefficient (Wildman–Crippen LogP) is 1.94. The van der Waals surface area contributed by atoms with Crippen LogP contribution in [-0.2, 0) is 8.56 Å². The van der Waals surface area contributed by atoms with Crippen molar-refractivity contribution in [2.75, 3.05) is 0 Å². The number of carbonyl (C=O) groups excluding carboxylic acids is 1. The average Bonchev–Trinajstić information content (AvgIpc) is 1.59. The summed E-state index contributed by atoms with van der Waals surface area (Å²) in [6, 6.07) is 0. The van der Waals surface area contributed by atoms with E-state index in [1.165, 1.54) is 6.08 Å². The fourth-order valence-electron chi connectivity index (χ4n) is 0.472. The number of hydrogen-bond donors (Lipinski definition) is 0. The van der Waals surface area contributed by atoms with Crippen molar-refractivity contribution in [2.24, 2.45) is 0 Å². The molecule has 3 heteroatoms. The van der Waals surface area contributed by atoms with E-state index >= 15 is 0 Å². The quantitative estimate of drug-likeness (QED) is 0.506. The summed E-state index contributed by atoms with van der Waals surface area (Å²) in [7, 11) is 0. The third-order valence-electron chi connectivity index (χ3n) is 0.710. The van der Waals surface area contributed by atoms with Gasteiger partial charge in [-0.2, -0.15) is 0 Å². The van der Waals surface area contributed by atoms with Crippen LogP contribution in [-0.4, -0.2) is 19.6 Å². The number of carbonyl (C=O) groups is 1. The fourth-order valence-corrected chi connectivity index (χ4v) is 1.88. The zero-order chi connectivity index (χ0) is 8.20. The summed E-state index contributed by atoms with van der Waals surface area (Å²) in [6.45, 7) is 1.80. The zero-order valence-electron chi connectivity index (χ0n) is 6.97.